The lowest BCUT2D eigenvalue weighted by Gasteiger charge is -2.31. The third-order valence-corrected chi connectivity index (χ3v) is 7.18. The van der Waals surface area contributed by atoms with Gasteiger partial charge in [-0.3, -0.25) is 0 Å². The van der Waals surface area contributed by atoms with Crippen molar-refractivity contribution in [1.82, 2.24) is 19.2 Å². The molecule has 3 heterocycles. The predicted octanol–water partition coefficient (Wildman–Crippen LogP) is 7.16. The fourth-order valence-electron chi connectivity index (χ4n) is 5.17. The van der Waals surface area contributed by atoms with Crippen molar-refractivity contribution in [2.24, 2.45) is 0 Å². The van der Waals surface area contributed by atoms with Crippen molar-refractivity contribution in [3.63, 3.8) is 0 Å². The van der Waals surface area contributed by atoms with E-state index in [2.05, 4.69) is 16.0 Å². The summed E-state index contributed by atoms with van der Waals surface area (Å²) in [5.74, 6) is 1.69. The number of nitrogens with one attached hydrogen (secondary N) is 1. The van der Waals surface area contributed by atoms with Gasteiger partial charge in [0.05, 0.1) is 36.3 Å². The molecule has 2 aromatic heterocycles. The highest BCUT2D eigenvalue weighted by atomic mass is 35.5. The number of para-hydroxylation sites is 1. The molecule has 0 saturated carbocycles. The normalized spacial score (nSPS) is 14.3. The second kappa shape index (κ2) is 10.3. The van der Waals surface area contributed by atoms with Gasteiger partial charge < -0.3 is 19.5 Å². The zero-order valence-corrected chi connectivity index (χ0v) is 22.5. The van der Waals surface area contributed by atoms with Crippen LogP contribution in [0.25, 0.3) is 11.5 Å². The summed E-state index contributed by atoms with van der Waals surface area (Å²) in [4.78, 5) is 15.9. The number of halogens is 1. The fourth-order valence-corrected chi connectivity index (χ4v) is 5.30. The molecular formula is C31H28ClN5O2. The Kier molecular flexibility index (Phi) is 6.59. The van der Waals surface area contributed by atoms with Crippen molar-refractivity contribution in [2.45, 2.75) is 26.4 Å². The van der Waals surface area contributed by atoms with Crippen molar-refractivity contribution >= 4 is 23.3 Å². The summed E-state index contributed by atoms with van der Waals surface area (Å²) in [6, 6.07) is 28.6. The maximum atomic E-state index is 14.0. The molecule has 8 heteroatoms. The first-order valence-electron chi connectivity index (χ1n) is 12.9. The quantitative estimate of drug-likeness (QED) is 0.259. The molecule has 0 spiro atoms. The summed E-state index contributed by atoms with van der Waals surface area (Å²) in [6.45, 7) is 4.87. The second-order valence-corrected chi connectivity index (χ2v) is 9.85. The molecule has 0 fully saturated rings. The first-order chi connectivity index (χ1) is 19.0. The van der Waals surface area contributed by atoms with E-state index in [9.17, 15) is 4.79 Å². The minimum absolute atomic E-state index is 0.225. The lowest BCUT2D eigenvalue weighted by Crippen LogP contribution is -2.38. The number of benzene rings is 3. The SMILES string of the molecule is CCOc1cccc([C@@H]2c3cccn3-c3c(c(C)nn3-c3ccccc3)CN2C(=O)Nc2ccc(Cl)cc2)c1. The molecule has 6 rings (SSSR count). The van der Waals surface area contributed by atoms with Gasteiger partial charge in [-0.1, -0.05) is 41.9 Å². The van der Waals surface area contributed by atoms with Crippen LogP contribution in [-0.4, -0.2) is 31.9 Å². The molecule has 1 atom stereocenters. The van der Waals surface area contributed by atoms with Crippen LogP contribution in [0.3, 0.4) is 0 Å². The Bertz CT molecular complexity index is 1620. The molecule has 0 unspecified atom stereocenters. The van der Waals surface area contributed by atoms with Crippen LogP contribution in [0.4, 0.5) is 10.5 Å². The second-order valence-electron chi connectivity index (χ2n) is 9.41. The van der Waals surface area contributed by atoms with E-state index < -0.39 is 0 Å². The molecule has 1 aliphatic rings. The Balaban J connectivity index is 1.53. The Morgan fingerprint density at radius 3 is 2.59 bits per heavy atom. The van der Waals surface area contributed by atoms with E-state index >= 15 is 0 Å². The highest BCUT2D eigenvalue weighted by Gasteiger charge is 2.36. The molecular weight excluding hydrogens is 510 g/mol. The Morgan fingerprint density at radius 2 is 1.82 bits per heavy atom. The summed E-state index contributed by atoms with van der Waals surface area (Å²) >= 11 is 6.09. The average Bonchev–Trinajstić information content (AvgIpc) is 3.51. The summed E-state index contributed by atoms with van der Waals surface area (Å²) in [7, 11) is 0. The van der Waals surface area contributed by atoms with E-state index in [0.717, 1.165) is 39.8 Å². The van der Waals surface area contributed by atoms with Gasteiger partial charge in [-0.05, 0) is 80.1 Å². The van der Waals surface area contributed by atoms with Crippen LogP contribution in [-0.2, 0) is 6.54 Å². The van der Waals surface area contributed by atoms with Crippen molar-refractivity contribution in [3.05, 3.63) is 125 Å². The lowest BCUT2D eigenvalue weighted by molar-refractivity contribution is 0.194. The van der Waals surface area contributed by atoms with Crippen LogP contribution in [0, 0.1) is 6.92 Å². The van der Waals surface area contributed by atoms with E-state index in [1.807, 2.05) is 90.3 Å². The predicted molar refractivity (Wildman–Crippen MR) is 153 cm³/mol. The number of urea groups is 1. The number of nitrogens with zero attached hydrogens (tertiary/aromatic N) is 4. The number of carbonyl (C=O) groups is 1. The first-order valence-corrected chi connectivity index (χ1v) is 13.3. The molecule has 196 valence electrons. The van der Waals surface area contributed by atoms with E-state index in [0.29, 0.717) is 23.9 Å². The third-order valence-electron chi connectivity index (χ3n) is 6.93. The van der Waals surface area contributed by atoms with Gasteiger partial charge >= 0.3 is 6.03 Å². The molecule has 39 heavy (non-hydrogen) atoms. The molecule has 5 aromatic rings. The number of carbonyl (C=O) groups excluding carboxylic acids is 1. The summed E-state index contributed by atoms with van der Waals surface area (Å²) < 4.78 is 9.94. The van der Waals surface area contributed by atoms with Crippen molar-refractivity contribution in [2.75, 3.05) is 11.9 Å². The zero-order valence-electron chi connectivity index (χ0n) is 21.7. The largest absolute Gasteiger partial charge is 0.494 e. The molecule has 0 bridgehead atoms. The van der Waals surface area contributed by atoms with Crippen LogP contribution in [0.2, 0.25) is 5.02 Å². The zero-order chi connectivity index (χ0) is 26.9. The van der Waals surface area contributed by atoms with Crippen LogP contribution >= 0.6 is 11.6 Å². The smallest absolute Gasteiger partial charge is 0.322 e. The molecule has 1 aliphatic heterocycles. The summed E-state index contributed by atoms with van der Waals surface area (Å²) in [5.41, 5.74) is 5.37. The first kappa shape index (κ1) is 24.8. The number of anilines is 1. The molecule has 7 nitrogen and oxygen atoms in total. The van der Waals surface area contributed by atoms with E-state index in [-0.39, 0.29) is 12.1 Å². The van der Waals surface area contributed by atoms with E-state index in [1.54, 1.807) is 24.3 Å². The molecule has 2 amide bonds. The summed E-state index contributed by atoms with van der Waals surface area (Å²) in [6.07, 6.45) is 2.04. The highest BCUT2D eigenvalue weighted by molar-refractivity contribution is 6.30. The minimum atomic E-state index is -0.385. The third kappa shape index (κ3) is 4.66. The lowest BCUT2D eigenvalue weighted by atomic mass is 10.0. The molecule has 3 aromatic carbocycles. The van der Waals surface area contributed by atoms with Crippen LogP contribution < -0.4 is 10.1 Å². The van der Waals surface area contributed by atoms with Crippen molar-refractivity contribution in [1.29, 1.82) is 0 Å². The molecule has 0 saturated heterocycles. The van der Waals surface area contributed by atoms with Gasteiger partial charge in [-0.25, -0.2) is 9.48 Å². The van der Waals surface area contributed by atoms with Gasteiger partial charge in [0.1, 0.15) is 11.6 Å². The number of aromatic nitrogens is 3. The van der Waals surface area contributed by atoms with Gasteiger partial charge in [-0.2, -0.15) is 5.10 Å². The van der Waals surface area contributed by atoms with Crippen LogP contribution in [0.15, 0.2) is 97.2 Å². The number of ether oxygens (including phenoxy) is 1. The maximum Gasteiger partial charge on any atom is 0.322 e. The molecule has 0 aliphatic carbocycles. The minimum Gasteiger partial charge on any atom is -0.494 e. The Hall–Kier alpha value is -4.49. The Labute approximate surface area is 232 Å². The van der Waals surface area contributed by atoms with Gasteiger partial charge in [-0.15, -0.1) is 0 Å². The maximum absolute atomic E-state index is 14.0. The van der Waals surface area contributed by atoms with Crippen molar-refractivity contribution in [3.8, 4) is 17.3 Å². The number of rotatable bonds is 5. The average molecular weight is 538 g/mol. The number of aryl methyl sites for hydroxylation is 1. The topological polar surface area (TPSA) is 64.3 Å². The van der Waals surface area contributed by atoms with Gasteiger partial charge in [0.25, 0.3) is 0 Å². The van der Waals surface area contributed by atoms with Crippen LogP contribution in [0.5, 0.6) is 5.75 Å². The fraction of sp³-hybridized carbons (Fsp3) is 0.161. The summed E-state index contributed by atoms with van der Waals surface area (Å²) in [5, 5.41) is 8.60. The van der Waals surface area contributed by atoms with Gasteiger partial charge in [0.2, 0.25) is 0 Å². The monoisotopic (exact) mass is 537 g/mol. The number of fused-ring (bicyclic) bond motifs is 3. The number of hydrogen-bond donors (Lipinski definition) is 1. The van der Waals surface area contributed by atoms with Gasteiger partial charge in [0.15, 0.2) is 0 Å². The number of hydrogen-bond acceptors (Lipinski definition) is 3. The van der Waals surface area contributed by atoms with E-state index in [1.165, 1.54) is 0 Å². The van der Waals surface area contributed by atoms with E-state index in [4.69, 9.17) is 21.4 Å². The molecule has 1 N–H and O–H groups in total. The van der Waals surface area contributed by atoms with Crippen molar-refractivity contribution < 1.29 is 9.53 Å². The van der Waals surface area contributed by atoms with Gasteiger partial charge in [0, 0.05) is 22.5 Å². The van der Waals surface area contributed by atoms with Crippen LogP contribution in [0.1, 0.15) is 35.5 Å². The standard InChI is InChI=1S/C31H28ClN5O2/c1-3-39-26-12-7-9-22(19-26)29-28-13-8-18-35(28)30-27(21(2)34-37(30)25-10-5-4-6-11-25)20-36(29)31(38)33-24-16-14-23(32)15-17-24/h4-19,29H,3,20H2,1-2H3,(H,33,38)/t29-/m1/s1. The Morgan fingerprint density at radius 1 is 1.03 bits per heavy atom. The molecule has 0 radical (unpaired) electrons. The number of amides is 2. The highest BCUT2D eigenvalue weighted by Crippen LogP contribution is 2.39.